The number of fused-ring (bicyclic) bond motifs is 2. The van der Waals surface area contributed by atoms with Crippen LogP contribution in [0.25, 0.3) is 0 Å². The molecule has 26 heavy (non-hydrogen) atoms. The van der Waals surface area contributed by atoms with Crippen molar-refractivity contribution in [2.75, 3.05) is 20.2 Å². The molecule has 3 fully saturated rings. The van der Waals surface area contributed by atoms with Gasteiger partial charge in [0.25, 0.3) is 5.91 Å². The van der Waals surface area contributed by atoms with Crippen LogP contribution in [0.15, 0.2) is 5.51 Å². The normalized spacial score (nSPS) is 35.9. The van der Waals surface area contributed by atoms with E-state index in [1.54, 1.807) is 12.6 Å². The van der Waals surface area contributed by atoms with Gasteiger partial charge in [-0.3, -0.25) is 9.59 Å². The van der Waals surface area contributed by atoms with Crippen LogP contribution in [-0.2, 0) is 9.53 Å². The van der Waals surface area contributed by atoms with Crippen LogP contribution in [0.4, 0.5) is 0 Å². The largest absolute Gasteiger partial charge is 0.378 e. The van der Waals surface area contributed by atoms with Gasteiger partial charge in [-0.15, -0.1) is 11.3 Å². The van der Waals surface area contributed by atoms with E-state index in [1.165, 1.54) is 11.3 Å². The van der Waals surface area contributed by atoms with E-state index < -0.39 is 0 Å². The molecule has 1 aliphatic heterocycles. The zero-order valence-electron chi connectivity index (χ0n) is 15.7. The number of hydrogen-bond acceptors (Lipinski definition) is 5. The fourth-order valence-electron chi connectivity index (χ4n) is 5.13. The number of aryl methyl sites for hydroxylation is 1. The number of amides is 2. The van der Waals surface area contributed by atoms with E-state index in [1.807, 2.05) is 11.8 Å². The third kappa shape index (κ3) is 2.76. The zero-order chi connectivity index (χ0) is 18.5. The van der Waals surface area contributed by atoms with E-state index in [2.05, 4.69) is 17.2 Å². The van der Waals surface area contributed by atoms with Crippen molar-refractivity contribution in [1.82, 2.24) is 15.2 Å². The van der Waals surface area contributed by atoms with Gasteiger partial charge in [-0.2, -0.15) is 0 Å². The SMILES string of the molecule is COC12CCC(C(=O)N3C[C@@H](C)[C@@H](NC(=O)c4scnc4C)C3)(CC1)C2. The minimum atomic E-state index is -0.233. The second kappa shape index (κ2) is 6.30. The molecule has 1 aromatic rings. The number of aromatic nitrogens is 1. The van der Waals surface area contributed by atoms with Crippen molar-refractivity contribution in [3.8, 4) is 0 Å². The molecule has 4 rings (SSSR count). The van der Waals surface area contributed by atoms with E-state index >= 15 is 0 Å². The van der Waals surface area contributed by atoms with Crippen molar-refractivity contribution >= 4 is 23.2 Å². The van der Waals surface area contributed by atoms with Crippen LogP contribution >= 0.6 is 11.3 Å². The summed E-state index contributed by atoms with van der Waals surface area (Å²) < 4.78 is 5.74. The van der Waals surface area contributed by atoms with Crippen LogP contribution < -0.4 is 5.32 Å². The van der Waals surface area contributed by atoms with E-state index in [9.17, 15) is 9.59 Å². The lowest BCUT2D eigenvalue weighted by Gasteiger charge is -2.30. The van der Waals surface area contributed by atoms with Crippen molar-refractivity contribution in [2.24, 2.45) is 11.3 Å². The number of carbonyl (C=O) groups excluding carboxylic acids is 2. The molecule has 6 nitrogen and oxygen atoms in total. The average molecular weight is 378 g/mol. The Bertz CT molecular complexity index is 723. The predicted octanol–water partition coefficient (Wildman–Crippen LogP) is 2.38. The Hall–Kier alpha value is -1.47. The van der Waals surface area contributed by atoms with Crippen LogP contribution in [0.2, 0.25) is 0 Å². The molecular formula is C19H27N3O3S. The summed E-state index contributed by atoms with van der Waals surface area (Å²) in [6.07, 6.45) is 4.70. The summed E-state index contributed by atoms with van der Waals surface area (Å²) in [5.41, 5.74) is 2.15. The zero-order valence-corrected chi connectivity index (χ0v) is 16.5. The molecule has 2 atom stereocenters. The van der Waals surface area contributed by atoms with Gasteiger partial charge in [-0.1, -0.05) is 6.92 Å². The first-order valence-electron chi connectivity index (χ1n) is 9.44. The maximum absolute atomic E-state index is 13.3. The summed E-state index contributed by atoms with van der Waals surface area (Å²) >= 11 is 1.36. The lowest BCUT2D eigenvalue weighted by Crippen LogP contribution is -2.43. The van der Waals surface area contributed by atoms with Gasteiger partial charge in [-0.05, 0) is 44.9 Å². The summed E-state index contributed by atoms with van der Waals surface area (Å²) in [5.74, 6) is 0.448. The Morgan fingerprint density at radius 1 is 1.31 bits per heavy atom. The Kier molecular flexibility index (Phi) is 4.34. The minimum absolute atomic E-state index is 0.000613. The highest BCUT2D eigenvalue weighted by Crippen LogP contribution is 2.58. The molecule has 142 valence electrons. The van der Waals surface area contributed by atoms with E-state index in [0.29, 0.717) is 18.0 Å². The molecule has 0 radical (unpaired) electrons. The van der Waals surface area contributed by atoms with Crippen LogP contribution in [0, 0.1) is 18.3 Å². The third-order valence-electron chi connectivity index (χ3n) is 6.83. The molecule has 1 saturated heterocycles. The molecule has 2 heterocycles. The highest BCUT2D eigenvalue weighted by Gasteiger charge is 2.59. The van der Waals surface area contributed by atoms with Crippen molar-refractivity contribution in [3.63, 3.8) is 0 Å². The Morgan fingerprint density at radius 3 is 2.62 bits per heavy atom. The summed E-state index contributed by atoms with van der Waals surface area (Å²) in [5, 5.41) is 3.12. The molecule has 7 heteroatoms. The molecule has 2 bridgehead atoms. The van der Waals surface area contributed by atoms with E-state index in [4.69, 9.17) is 4.74 Å². The number of methoxy groups -OCH3 is 1. The number of ether oxygens (including phenoxy) is 1. The van der Waals surface area contributed by atoms with Gasteiger partial charge in [0.1, 0.15) is 4.88 Å². The molecule has 2 saturated carbocycles. The molecule has 1 aromatic heterocycles. The Morgan fingerprint density at radius 2 is 2.04 bits per heavy atom. The molecule has 2 amide bonds. The Labute approximate surface area is 158 Å². The van der Waals surface area contributed by atoms with Crippen LogP contribution in [-0.4, -0.2) is 53.5 Å². The molecular weight excluding hydrogens is 350 g/mol. The Balaban J connectivity index is 1.42. The highest BCUT2D eigenvalue weighted by atomic mass is 32.1. The first-order valence-corrected chi connectivity index (χ1v) is 10.3. The topological polar surface area (TPSA) is 71.5 Å². The second-order valence-corrected chi connectivity index (χ2v) is 9.23. The lowest BCUT2D eigenvalue weighted by atomic mass is 9.83. The van der Waals surface area contributed by atoms with Gasteiger partial charge in [0.15, 0.2) is 0 Å². The number of carbonyl (C=O) groups is 2. The van der Waals surface area contributed by atoms with Crippen molar-refractivity contribution in [3.05, 3.63) is 16.1 Å². The minimum Gasteiger partial charge on any atom is -0.378 e. The van der Waals surface area contributed by atoms with Gasteiger partial charge < -0.3 is 15.0 Å². The van der Waals surface area contributed by atoms with Crippen LogP contribution in [0.1, 0.15) is 54.4 Å². The summed E-state index contributed by atoms with van der Waals surface area (Å²) in [4.78, 5) is 32.6. The number of likely N-dealkylation sites (tertiary alicyclic amines) is 1. The first-order chi connectivity index (χ1) is 12.4. The highest BCUT2D eigenvalue weighted by molar-refractivity contribution is 7.11. The van der Waals surface area contributed by atoms with Crippen molar-refractivity contribution in [1.29, 1.82) is 0 Å². The smallest absolute Gasteiger partial charge is 0.263 e. The van der Waals surface area contributed by atoms with Crippen LogP contribution in [0.5, 0.6) is 0 Å². The summed E-state index contributed by atoms with van der Waals surface area (Å²) in [7, 11) is 1.77. The molecule has 0 spiro atoms. The molecule has 2 aliphatic carbocycles. The maximum Gasteiger partial charge on any atom is 0.263 e. The summed E-state index contributed by atoms with van der Waals surface area (Å²) in [6, 6.07) is -0.000613. The van der Waals surface area contributed by atoms with Gasteiger partial charge in [0.05, 0.1) is 28.3 Å². The molecule has 3 aliphatic rings. The number of nitrogens with zero attached hydrogens (tertiary/aromatic N) is 2. The predicted molar refractivity (Wildman–Crippen MR) is 99.1 cm³/mol. The van der Waals surface area contributed by atoms with Gasteiger partial charge in [0.2, 0.25) is 5.91 Å². The second-order valence-electron chi connectivity index (χ2n) is 8.38. The quantitative estimate of drug-likeness (QED) is 0.874. The molecule has 0 unspecified atom stereocenters. The van der Waals surface area contributed by atoms with Gasteiger partial charge in [-0.25, -0.2) is 4.98 Å². The van der Waals surface area contributed by atoms with Crippen molar-refractivity contribution in [2.45, 2.75) is 57.6 Å². The number of thiazole rings is 1. The average Bonchev–Trinajstić information content (AvgIpc) is 3.38. The van der Waals surface area contributed by atoms with Gasteiger partial charge >= 0.3 is 0 Å². The van der Waals surface area contributed by atoms with Crippen molar-refractivity contribution < 1.29 is 14.3 Å². The van der Waals surface area contributed by atoms with E-state index in [-0.39, 0.29) is 34.8 Å². The fourth-order valence-corrected chi connectivity index (χ4v) is 5.84. The standard InChI is InChI=1S/C19H27N3O3S/c1-12-8-22(9-14(12)21-16(23)15-13(2)20-11-26-15)17(24)18-4-6-19(10-18,25-3)7-5-18/h11-12,14H,4-10H2,1-3H3,(H,21,23)/t12-,14+,18?,19?/m1/s1. The molecule has 0 aromatic carbocycles. The number of hydrogen-bond donors (Lipinski definition) is 1. The van der Waals surface area contributed by atoms with E-state index in [0.717, 1.165) is 37.8 Å². The van der Waals surface area contributed by atoms with Crippen LogP contribution in [0.3, 0.4) is 0 Å². The maximum atomic E-state index is 13.3. The number of rotatable bonds is 4. The van der Waals surface area contributed by atoms with Gasteiger partial charge in [0, 0.05) is 20.2 Å². The number of nitrogens with one attached hydrogen (secondary N) is 1. The monoisotopic (exact) mass is 377 g/mol. The summed E-state index contributed by atoms with van der Waals surface area (Å²) in [6.45, 7) is 5.28. The molecule has 1 N–H and O–H groups in total. The third-order valence-corrected chi connectivity index (χ3v) is 7.76. The first kappa shape index (κ1) is 17.9. The lowest BCUT2D eigenvalue weighted by molar-refractivity contribution is -0.140. The fraction of sp³-hybridized carbons (Fsp3) is 0.737.